The van der Waals surface area contributed by atoms with Crippen LogP contribution in [0.25, 0.3) is 0 Å². The van der Waals surface area contributed by atoms with Crippen molar-refractivity contribution in [2.24, 2.45) is 5.10 Å². The lowest BCUT2D eigenvalue weighted by atomic mass is 10.2. The minimum absolute atomic E-state index is 0.130. The van der Waals surface area contributed by atoms with Gasteiger partial charge >= 0.3 is 0 Å². The number of benzene rings is 2. The molecule has 7 heteroatoms. The number of hydrazone groups is 1. The summed E-state index contributed by atoms with van der Waals surface area (Å²) < 4.78 is 13.0. The highest BCUT2D eigenvalue weighted by atomic mass is 19.1. The first-order chi connectivity index (χ1) is 11.0. The van der Waals surface area contributed by atoms with Crippen LogP contribution in [0.1, 0.15) is 15.9 Å². The lowest BCUT2D eigenvalue weighted by Crippen LogP contribution is -2.34. The van der Waals surface area contributed by atoms with Crippen LogP contribution in [0.4, 0.5) is 4.39 Å². The highest BCUT2D eigenvalue weighted by Gasteiger charge is 2.08. The number of aromatic hydroxyl groups is 1. The van der Waals surface area contributed by atoms with Gasteiger partial charge in [0, 0.05) is 5.56 Å². The quantitative estimate of drug-likeness (QED) is 0.575. The molecule has 0 saturated heterocycles. The molecule has 2 aromatic carbocycles. The fraction of sp³-hybridized carbons (Fsp3) is 0.0625. The van der Waals surface area contributed by atoms with Crippen molar-refractivity contribution in [1.82, 2.24) is 10.7 Å². The summed E-state index contributed by atoms with van der Waals surface area (Å²) in [5, 5.41) is 15.2. The Morgan fingerprint density at radius 1 is 1.17 bits per heavy atom. The smallest absolute Gasteiger partial charge is 0.259 e. The first-order valence-electron chi connectivity index (χ1n) is 6.69. The van der Waals surface area contributed by atoms with Crippen LogP contribution >= 0.6 is 0 Å². The molecule has 118 valence electrons. The molecule has 6 nitrogen and oxygen atoms in total. The van der Waals surface area contributed by atoms with Gasteiger partial charge in [-0.25, -0.2) is 9.82 Å². The molecule has 0 spiro atoms. The van der Waals surface area contributed by atoms with Crippen molar-refractivity contribution in [3.8, 4) is 5.75 Å². The number of hydrogen-bond donors (Lipinski definition) is 3. The molecule has 0 bridgehead atoms. The number of carbonyl (C=O) groups excluding carboxylic acids is 2. The molecule has 0 aromatic heterocycles. The third-order valence-electron chi connectivity index (χ3n) is 2.79. The van der Waals surface area contributed by atoms with E-state index in [2.05, 4.69) is 15.8 Å². The average Bonchev–Trinajstić information content (AvgIpc) is 2.54. The van der Waals surface area contributed by atoms with Gasteiger partial charge in [0.25, 0.3) is 11.8 Å². The van der Waals surface area contributed by atoms with Gasteiger partial charge in [0.15, 0.2) is 0 Å². The lowest BCUT2D eigenvalue weighted by molar-refractivity contribution is -0.120. The van der Waals surface area contributed by atoms with Crippen molar-refractivity contribution >= 4 is 18.0 Å². The summed E-state index contributed by atoms with van der Waals surface area (Å²) in [6.45, 7) is -0.289. The average molecular weight is 315 g/mol. The maximum absolute atomic E-state index is 13.0. The topological polar surface area (TPSA) is 90.8 Å². The van der Waals surface area contributed by atoms with Gasteiger partial charge in [-0.2, -0.15) is 5.10 Å². The van der Waals surface area contributed by atoms with Gasteiger partial charge in [-0.05, 0) is 48.0 Å². The summed E-state index contributed by atoms with van der Waals surface area (Å²) in [7, 11) is 0. The number of nitrogens with one attached hydrogen (secondary N) is 2. The molecule has 0 saturated carbocycles. The molecule has 0 radical (unpaired) electrons. The summed E-state index contributed by atoms with van der Waals surface area (Å²) in [6.07, 6.45) is 1.39. The van der Waals surface area contributed by atoms with E-state index in [9.17, 15) is 14.0 Å². The third-order valence-corrected chi connectivity index (χ3v) is 2.79. The Kier molecular flexibility index (Phi) is 5.40. The molecule has 2 aromatic rings. The van der Waals surface area contributed by atoms with E-state index in [0.29, 0.717) is 5.56 Å². The lowest BCUT2D eigenvalue weighted by Gasteiger charge is -2.04. The first kappa shape index (κ1) is 16.2. The number of amides is 2. The molecular weight excluding hydrogens is 301 g/mol. The van der Waals surface area contributed by atoms with Gasteiger partial charge < -0.3 is 10.4 Å². The van der Waals surface area contributed by atoms with Crippen LogP contribution in [0.3, 0.4) is 0 Å². The van der Waals surface area contributed by atoms with Crippen molar-refractivity contribution in [3.05, 3.63) is 65.5 Å². The second-order valence-corrected chi connectivity index (χ2v) is 4.58. The molecule has 0 aliphatic heterocycles. The van der Waals surface area contributed by atoms with Crippen molar-refractivity contribution in [3.63, 3.8) is 0 Å². The molecule has 0 fully saturated rings. The van der Waals surface area contributed by atoms with Crippen molar-refractivity contribution in [1.29, 1.82) is 0 Å². The van der Waals surface area contributed by atoms with Gasteiger partial charge in [0.05, 0.1) is 12.8 Å². The summed E-state index contributed by atoms with van der Waals surface area (Å²) in [5.41, 5.74) is 3.06. The van der Waals surface area contributed by atoms with Crippen LogP contribution in [0.2, 0.25) is 0 Å². The number of hydrogen-bond acceptors (Lipinski definition) is 4. The van der Waals surface area contributed by atoms with Crippen molar-refractivity contribution < 1.29 is 19.1 Å². The fourth-order valence-electron chi connectivity index (χ4n) is 1.67. The molecule has 0 heterocycles. The summed E-state index contributed by atoms with van der Waals surface area (Å²) in [6, 6.07) is 11.4. The Labute approximate surface area is 131 Å². The van der Waals surface area contributed by atoms with Crippen LogP contribution < -0.4 is 10.7 Å². The summed E-state index contributed by atoms with van der Waals surface area (Å²) in [4.78, 5) is 23.2. The Hall–Kier alpha value is -3.22. The predicted molar refractivity (Wildman–Crippen MR) is 82.6 cm³/mol. The normalized spacial score (nSPS) is 10.5. The number of nitrogens with zero attached hydrogens (tertiary/aromatic N) is 1. The van der Waals surface area contributed by atoms with Crippen LogP contribution in [-0.4, -0.2) is 29.7 Å². The summed E-state index contributed by atoms with van der Waals surface area (Å²) >= 11 is 0. The van der Waals surface area contributed by atoms with Gasteiger partial charge in [0.2, 0.25) is 0 Å². The number of phenolic OH excluding ortho intramolecular Hbond substituents is 1. The number of phenols is 1. The monoisotopic (exact) mass is 315 g/mol. The maximum atomic E-state index is 13.0. The molecular formula is C16H14FN3O3. The van der Waals surface area contributed by atoms with E-state index in [4.69, 9.17) is 5.11 Å². The SMILES string of the molecule is O=C(CNC(=O)c1cccc(F)c1)N/N=C\c1ccc(O)cc1. The molecule has 0 unspecified atom stereocenters. The molecule has 0 atom stereocenters. The Morgan fingerprint density at radius 3 is 2.61 bits per heavy atom. The van der Waals surface area contributed by atoms with Crippen LogP contribution in [0.5, 0.6) is 5.75 Å². The van der Waals surface area contributed by atoms with Crippen molar-refractivity contribution in [2.45, 2.75) is 0 Å². The van der Waals surface area contributed by atoms with Crippen molar-refractivity contribution in [2.75, 3.05) is 6.54 Å². The maximum Gasteiger partial charge on any atom is 0.259 e. The highest BCUT2D eigenvalue weighted by Crippen LogP contribution is 2.07. The summed E-state index contributed by atoms with van der Waals surface area (Å²) in [5.74, 6) is -1.47. The van der Waals surface area contributed by atoms with E-state index in [-0.39, 0.29) is 17.9 Å². The molecule has 2 rings (SSSR count). The minimum Gasteiger partial charge on any atom is -0.508 e. The van der Waals surface area contributed by atoms with Crippen LogP contribution in [-0.2, 0) is 4.79 Å². The van der Waals surface area contributed by atoms with Gasteiger partial charge in [-0.1, -0.05) is 6.07 Å². The zero-order valence-corrected chi connectivity index (χ0v) is 12.0. The van der Waals surface area contributed by atoms with E-state index in [1.165, 1.54) is 36.5 Å². The number of rotatable bonds is 5. The zero-order chi connectivity index (χ0) is 16.7. The Bertz CT molecular complexity index is 730. The van der Waals surface area contributed by atoms with Gasteiger partial charge in [0.1, 0.15) is 11.6 Å². The van der Waals surface area contributed by atoms with E-state index in [1.807, 2.05) is 0 Å². The second kappa shape index (κ2) is 7.69. The number of halogens is 1. The zero-order valence-electron chi connectivity index (χ0n) is 12.0. The highest BCUT2D eigenvalue weighted by molar-refractivity contribution is 5.96. The fourth-order valence-corrected chi connectivity index (χ4v) is 1.67. The predicted octanol–water partition coefficient (Wildman–Crippen LogP) is 1.41. The minimum atomic E-state index is -0.554. The molecule has 0 aliphatic rings. The second-order valence-electron chi connectivity index (χ2n) is 4.58. The first-order valence-corrected chi connectivity index (χ1v) is 6.69. The third kappa shape index (κ3) is 5.24. The van der Waals surface area contributed by atoms with Gasteiger partial charge in [-0.15, -0.1) is 0 Å². The largest absolute Gasteiger partial charge is 0.508 e. The molecule has 23 heavy (non-hydrogen) atoms. The van der Waals surface area contributed by atoms with E-state index in [1.54, 1.807) is 12.1 Å². The Morgan fingerprint density at radius 2 is 1.91 bits per heavy atom. The van der Waals surface area contributed by atoms with Crippen LogP contribution in [0, 0.1) is 5.82 Å². The van der Waals surface area contributed by atoms with Crippen LogP contribution in [0.15, 0.2) is 53.6 Å². The standard InChI is InChI=1S/C16H14FN3O3/c17-13-3-1-2-12(8-13)16(23)18-10-15(22)20-19-9-11-4-6-14(21)7-5-11/h1-9,21H,10H2,(H,18,23)(H,20,22)/b19-9-. The van der Waals surface area contributed by atoms with E-state index in [0.717, 1.165) is 6.07 Å². The molecule has 2 amide bonds. The Balaban J connectivity index is 1.78. The van der Waals surface area contributed by atoms with E-state index >= 15 is 0 Å². The van der Waals surface area contributed by atoms with Gasteiger partial charge in [-0.3, -0.25) is 9.59 Å². The molecule has 3 N–H and O–H groups in total. The van der Waals surface area contributed by atoms with E-state index < -0.39 is 17.6 Å². The number of carbonyl (C=O) groups is 2. The molecule has 0 aliphatic carbocycles.